The summed E-state index contributed by atoms with van der Waals surface area (Å²) >= 11 is 0. The van der Waals surface area contributed by atoms with Crippen molar-refractivity contribution in [2.45, 2.75) is 32.7 Å². The first-order valence-electron chi connectivity index (χ1n) is 5.02. The van der Waals surface area contributed by atoms with Crippen LogP contribution in [-0.4, -0.2) is 22.6 Å². The number of rotatable bonds is 4. The first-order chi connectivity index (χ1) is 6.81. The molecule has 2 rings (SSSR count). The van der Waals surface area contributed by atoms with Crippen LogP contribution in [0.1, 0.15) is 25.3 Å². The van der Waals surface area contributed by atoms with E-state index in [4.69, 9.17) is 4.74 Å². The van der Waals surface area contributed by atoms with E-state index in [0.29, 0.717) is 18.5 Å². The zero-order chi connectivity index (χ0) is 9.97. The molecule has 14 heavy (non-hydrogen) atoms. The second kappa shape index (κ2) is 3.82. The minimum Gasteiger partial charge on any atom is -0.478 e. The van der Waals surface area contributed by atoms with E-state index in [9.17, 15) is 0 Å². The van der Waals surface area contributed by atoms with Gasteiger partial charge in [-0.3, -0.25) is 0 Å². The Hall–Kier alpha value is -1.32. The number of hydrogen-bond acceptors (Lipinski definition) is 4. The molecule has 1 aromatic rings. The quantitative estimate of drug-likeness (QED) is 0.791. The fourth-order valence-corrected chi connectivity index (χ4v) is 1.28. The van der Waals surface area contributed by atoms with Gasteiger partial charge in [0.2, 0.25) is 5.88 Å². The van der Waals surface area contributed by atoms with Gasteiger partial charge in [-0.15, -0.1) is 0 Å². The Balaban J connectivity index is 2.16. The molecule has 0 amide bonds. The zero-order valence-corrected chi connectivity index (χ0v) is 8.58. The molecule has 1 aliphatic carbocycles. The predicted octanol–water partition coefficient (Wildman–Crippen LogP) is 1.76. The fourth-order valence-electron chi connectivity index (χ4n) is 1.28. The van der Waals surface area contributed by atoms with Crippen molar-refractivity contribution < 1.29 is 4.74 Å². The highest BCUT2D eigenvalue weighted by Crippen LogP contribution is 2.27. The second-order valence-electron chi connectivity index (χ2n) is 3.50. The van der Waals surface area contributed by atoms with Gasteiger partial charge in [-0.05, 0) is 26.7 Å². The van der Waals surface area contributed by atoms with Crippen LogP contribution in [0.5, 0.6) is 5.88 Å². The molecule has 1 saturated carbocycles. The number of nitrogens with zero attached hydrogens (tertiary/aromatic N) is 2. The van der Waals surface area contributed by atoms with Crippen LogP contribution in [0.25, 0.3) is 0 Å². The van der Waals surface area contributed by atoms with Crippen molar-refractivity contribution in [1.82, 2.24) is 9.97 Å². The molecule has 0 atom stereocenters. The van der Waals surface area contributed by atoms with Gasteiger partial charge < -0.3 is 10.1 Å². The Kier molecular flexibility index (Phi) is 2.52. The second-order valence-corrected chi connectivity index (χ2v) is 3.50. The van der Waals surface area contributed by atoms with E-state index in [2.05, 4.69) is 15.3 Å². The van der Waals surface area contributed by atoms with Crippen LogP contribution in [0.3, 0.4) is 0 Å². The van der Waals surface area contributed by atoms with Crippen molar-refractivity contribution in [3.8, 4) is 5.88 Å². The summed E-state index contributed by atoms with van der Waals surface area (Å²) in [5.74, 6) is 1.59. The maximum absolute atomic E-state index is 5.39. The Morgan fingerprint density at radius 2 is 2.29 bits per heavy atom. The monoisotopic (exact) mass is 193 g/mol. The van der Waals surface area contributed by atoms with Gasteiger partial charge in [0.15, 0.2) is 0 Å². The molecule has 0 bridgehead atoms. The van der Waals surface area contributed by atoms with Crippen molar-refractivity contribution in [2.24, 2.45) is 0 Å². The minimum absolute atomic E-state index is 0.609. The smallest absolute Gasteiger partial charge is 0.221 e. The lowest BCUT2D eigenvalue weighted by atomic mass is 10.3. The Labute approximate surface area is 83.7 Å². The summed E-state index contributed by atoms with van der Waals surface area (Å²) < 4.78 is 5.39. The molecule has 0 spiro atoms. The SMILES string of the molecule is CCOc1ncnc(NC2CC2)c1C. The van der Waals surface area contributed by atoms with Crippen molar-refractivity contribution in [2.75, 3.05) is 11.9 Å². The molecule has 0 radical (unpaired) electrons. The summed E-state index contributed by atoms with van der Waals surface area (Å²) in [6.45, 7) is 4.58. The molecule has 1 N–H and O–H groups in total. The Morgan fingerprint density at radius 1 is 1.50 bits per heavy atom. The van der Waals surface area contributed by atoms with Gasteiger partial charge in [0.25, 0.3) is 0 Å². The van der Waals surface area contributed by atoms with E-state index in [1.165, 1.54) is 12.8 Å². The van der Waals surface area contributed by atoms with Crippen LogP contribution in [0.15, 0.2) is 6.33 Å². The standard InChI is InChI=1S/C10H15N3O/c1-3-14-10-7(2)9(11-6-12-10)13-8-4-5-8/h6,8H,3-5H2,1-2H3,(H,11,12,13). The van der Waals surface area contributed by atoms with E-state index < -0.39 is 0 Å². The Morgan fingerprint density at radius 3 is 2.93 bits per heavy atom. The highest BCUT2D eigenvalue weighted by molar-refractivity contribution is 5.48. The number of aromatic nitrogens is 2. The molecule has 4 heteroatoms. The number of nitrogens with one attached hydrogen (secondary N) is 1. The molecule has 1 heterocycles. The van der Waals surface area contributed by atoms with Gasteiger partial charge in [0, 0.05) is 6.04 Å². The summed E-state index contributed by atoms with van der Waals surface area (Å²) in [7, 11) is 0. The molecule has 4 nitrogen and oxygen atoms in total. The van der Waals surface area contributed by atoms with Gasteiger partial charge in [0.1, 0.15) is 12.1 Å². The van der Waals surface area contributed by atoms with E-state index >= 15 is 0 Å². The van der Waals surface area contributed by atoms with Gasteiger partial charge in [-0.2, -0.15) is 0 Å². The predicted molar refractivity (Wildman–Crippen MR) is 54.6 cm³/mol. The average Bonchev–Trinajstić information content (AvgIpc) is 2.96. The minimum atomic E-state index is 0.609. The fraction of sp³-hybridized carbons (Fsp3) is 0.600. The summed E-state index contributed by atoms with van der Waals surface area (Å²) in [5, 5.41) is 3.35. The van der Waals surface area contributed by atoms with E-state index in [-0.39, 0.29) is 0 Å². The highest BCUT2D eigenvalue weighted by atomic mass is 16.5. The maximum atomic E-state index is 5.39. The lowest BCUT2D eigenvalue weighted by molar-refractivity contribution is 0.324. The molecular formula is C10H15N3O. The molecule has 0 saturated heterocycles. The topological polar surface area (TPSA) is 47.0 Å². The molecule has 0 unspecified atom stereocenters. The average molecular weight is 193 g/mol. The third kappa shape index (κ3) is 1.95. The number of hydrogen-bond donors (Lipinski definition) is 1. The molecule has 76 valence electrons. The normalized spacial score (nSPS) is 15.3. The Bertz CT molecular complexity index is 323. The summed E-state index contributed by atoms with van der Waals surface area (Å²) in [6.07, 6.45) is 4.03. The van der Waals surface area contributed by atoms with Crippen LogP contribution >= 0.6 is 0 Å². The zero-order valence-electron chi connectivity index (χ0n) is 8.58. The highest BCUT2D eigenvalue weighted by Gasteiger charge is 2.22. The summed E-state index contributed by atoms with van der Waals surface area (Å²) in [6, 6.07) is 0.609. The molecule has 0 aliphatic heterocycles. The van der Waals surface area contributed by atoms with E-state index in [1.54, 1.807) is 6.33 Å². The van der Waals surface area contributed by atoms with Crippen molar-refractivity contribution >= 4 is 5.82 Å². The van der Waals surface area contributed by atoms with Crippen molar-refractivity contribution in [1.29, 1.82) is 0 Å². The lowest BCUT2D eigenvalue weighted by Gasteiger charge is -2.10. The maximum Gasteiger partial charge on any atom is 0.221 e. The van der Waals surface area contributed by atoms with Crippen LogP contribution in [0, 0.1) is 6.92 Å². The molecule has 1 aromatic heterocycles. The number of ether oxygens (including phenoxy) is 1. The van der Waals surface area contributed by atoms with Crippen molar-refractivity contribution in [3.05, 3.63) is 11.9 Å². The first-order valence-corrected chi connectivity index (χ1v) is 5.02. The van der Waals surface area contributed by atoms with Crippen LogP contribution in [0.2, 0.25) is 0 Å². The van der Waals surface area contributed by atoms with Crippen LogP contribution < -0.4 is 10.1 Å². The molecule has 0 aromatic carbocycles. The third-order valence-corrected chi connectivity index (χ3v) is 2.24. The lowest BCUT2D eigenvalue weighted by Crippen LogP contribution is -2.07. The largest absolute Gasteiger partial charge is 0.478 e. The van der Waals surface area contributed by atoms with Gasteiger partial charge in [-0.1, -0.05) is 0 Å². The van der Waals surface area contributed by atoms with Crippen molar-refractivity contribution in [3.63, 3.8) is 0 Å². The van der Waals surface area contributed by atoms with E-state index in [1.807, 2.05) is 13.8 Å². The molecular weight excluding hydrogens is 178 g/mol. The number of anilines is 1. The first kappa shape index (κ1) is 9.24. The van der Waals surface area contributed by atoms with Crippen LogP contribution in [-0.2, 0) is 0 Å². The van der Waals surface area contributed by atoms with Gasteiger partial charge in [0.05, 0.1) is 12.2 Å². The van der Waals surface area contributed by atoms with Gasteiger partial charge >= 0.3 is 0 Å². The molecule has 1 fully saturated rings. The third-order valence-electron chi connectivity index (χ3n) is 2.24. The van der Waals surface area contributed by atoms with Crippen LogP contribution in [0.4, 0.5) is 5.82 Å². The molecule has 1 aliphatic rings. The summed E-state index contributed by atoms with van der Waals surface area (Å²) in [5.41, 5.74) is 1.00. The summed E-state index contributed by atoms with van der Waals surface area (Å²) in [4.78, 5) is 8.28. The van der Waals surface area contributed by atoms with Gasteiger partial charge in [-0.25, -0.2) is 9.97 Å². The van der Waals surface area contributed by atoms with E-state index in [0.717, 1.165) is 11.4 Å².